The SMILES string of the molecule is CCCCCCOCCCc1ccc(-c2ccccc2OCCCCCC)nc1. The first-order valence-corrected chi connectivity index (χ1v) is 11.6. The molecular formula is C26H39NO2. The van der Waals surface area contributed by atoms with Crippen LogP contribution in [-0.2, 0) is 11.2 Å². The van der Waals surface area contributed by atoms with Crippen molar-refractivity contribution in [1.82, 2.24) is 4.98 Å². The van der Waals surface area contributed by atoms with Gasteiger partial charge in [0.05, 0.1) is 12.3 Å². The van der Waals surface area contributed by atoms with Crippen molar-refractivity contribution in [2.24, 2.45) is 0 Å². The number of benzene rings is 1. The van der Waals surface area contributed by atoms with Gasteiger partial charge in [0.2, 0.25) is 0 Å². The van der Waals surface area contributed by atoms with Crippen LogP contribution in [0.2, 0.25) is 0 Å². The highest BCUT2D eigenvalue weighted by Gasteiger charge is 2.07. The lowest BCUT2D eigenvalue weighted by Gasteiger charge is -2.11. The summed E-state index contributed by atoms with van der Waals surface area (Å²) in [5.74, 6) is 0.931. The van der Waals surface area contributed by atoms with Gasteiger partial charge in [-0.1, -0.05) is 70.6 Å². The Balaban J connectivity index is 1.76. The molecule has 3 heteroatoms. The maximum atomic E-state index is 6.04. The van der Waals surface area contributed by atoms with E-state index in [4.69, 9.17) is 14.5 Å². The van der Waals surface area contributed by atoms with Gasteiger partial charge < -0.3 is 9.47 Å². The quantitative estimate of drug-likeness (QED) is 0.280. The number of hydrogen-bond acceptors (Lipinski definition) is 3. The fourth-order valence-electron chi connectivity index (χ4n) is 3.36. The number of para-hydroxylation sites is 1. The molecule has 0 fully saturated rings. The minimum atomic E-state index is 0.771. The van der Waals surface area contributed by atoms with Gasteiger partial charge >= 0.3 is 0 Å². The van der Waals surface area contributed by atoms with E-state index in [2.05, 4.69) is 32.0 Å². The number of aromatic nitrogens is 1. The van der Waals surface area contributed by atoms with Gasteiger partial charge in [-0.25, -0.2) is 0 Å². The minimum absolute atomic E-state index is 0.771. The van der Waals surface area contributed by atoms with Crippen LogP contribution >= 0.6 is 0 Å². The standard InChI is InChI=1S/C26H39NO2/c1-3-5-7-11-19-28-20-13-14-23-17-18-25(27-22-23)24-15-9-10-16-26(24)29-21-12-8-6-4-2/h9-10,15-18,22H,3-8,11-14,19-21H2,1-2H3. The van der Waals surface area contributed by atoms with Crippen molar-refractivity contribution < 1.29 is 9.47 Å². The van der Waals surface area contributed by atoms with E-state index in [9.17, 15) is 0 Å². The first-order chi connectivity index (χ1) is 14.3. The van der Waals surface area contributed by atoms with Crippen LogP contribution in [0.1, 0.15) is 77.2 Å². The van der Waals surface area contributed by atoms with E-state index < -0.39 is 0 Å². The summed E-state index contributed by atoms with van der Waals surface area (Å²) in [6.07, 6.45) is 14.0. The molecule has 1 aromatic carbocycles. The molecule has 0 bridgehead atoms. The fourth-order valence-corrected chi connectivity index (χ4v) is 3.36. The third-order valence-corrected chi connectivity index (χ3v) is 5.14. The van der Waals surface area contributed by atoms with E-state index in [1.165, 1.54) is 50.5 Å². The second kappa shape index (κ2) is 15.0. The van der Waals surface area contributed by atoms with E-state index >= 15 is 0 Å². The van der Waals surface area contributed by atoms with Crippen LogP contribution in [0.4, 0.5) is 0 Å². The van der Waals surface area contributed by atoms with Crippen LogP contribution < -0.4 is 4.74 Å². The summed E-state index contributed by atoms with van der Waals surface area (Å²) >= 11 is 0. The topological polar surface area (TPSA) is 31.4 Å². The molecular weight excluding hydrogens is 358 g/mol. The Bertz CT molecular complexity index is 654. The van der Waals surface area contributed by atoms with Crippen LogP contribution in [0, 0.1) is 0 Å². The molecule has 0 radical (unpaired) electrons. The molecule has 0 saturated carbocycles. The maximum absolute atomic E-state index is 6.04. The van der Waals surface area contributed by atoms with E-state index in [-0.39, 0.29) is 0 Å². The lowest BCUT2D eigenvalue weighted by atomic mass is 10.1. The lowest BCUT2D eigenvalue weighted by Crippen LogP contribution is -2.00. The zero-order chi connectivity index (χ0) is 20.6. The molecule has 1 aromatic heterocycles. The van der Waals surface area contributed by atoms with Crippen molar-refractivity contribution in [3.8, 4) is 17.0 Å². The molecule has 160 valence electrons. The van der Waals surface area contributed by atoms with Crippen molar-refractivity contribution in [1.29, 1.82) is 0 Å². The van der Waals surface area contributed by atoms with Crippen LogP contribution in [0.3, 0.4) is 0 Å². The molecule has 0 saturated heterocycles. The molecule has 2 aromatic rings. The molecule has 0 aliphatic carbocycles. The van der Waals surface area contributed by atoms with Crippen molar-refractivity contribution in [3.63, 3.8) is 0 Å². The van der Waals surface area contributed by atoms with Crippen LogP contribution in [0.15, 0.2) is 42.6 Å². The molecule has 2 rings (SSSR count). The van der Waals surface area contributed by atoms with Crippen molar-refractivity contribution in [3.05, 3.63) is 48.2 Å². The molecule has 0 spiro atoms. The number of aryl methyl sites for hydroxylation is 1. The molecule has 0 atom stereocenters. The highest BCUT2D eigenvalue weighted by molar-refractivity contribution is 5.67. The summed E-state index contributed by atoms with van der Waals surface area (Å²) < 4.78 is 11.8. The van der Waals surface area contributed by atoms with Crippen molar-refractivity contribution in [2.45, 2.75) is 78.1 Å². The Kier molecular flexibility index (Phi) is 12.1. The van der Waals surface area contributed by atoms with Crippen LogP contribution in [0.25, 0.3) is 11.3 Å². The molecule has 0 amide bonds. The number of ether oxygens (including phenoxy) is 2. The molecule has 3 nitrogen and oxygen atoms in total. The van der Waals surface area contributed by atoms with Crippen molar-refractivity contribution >= 4 is 0 Å². The first-order valence-electron chi connectivity index (χ1n) is 11.6. The van der Waals surface area contributed by atoms with E-state index in [1.807, 2.05) is 24.4 Å². The summed E-state index contributed by atoms with van der Waals surface area (Å²) in [4.78, 5) is 4.70. The summed E-state index contributed by atoms with van der Waals surface area (Å²) in [5, 5.41) is 0. The molecule has 0 unspecified atom stereocenters. The predicted molar refractivity (Wildman–Crippen MR) is 123 cm³/mol. The molecule has 0 aliphatic heterocycles. The zero-order valence-electron chi connectivity index (χ0n) is 18.5. The smallest absolute Gasteiger partial charge is 0.128 e. The molecule has 0 aliphatic rings. The Morgan fingerprint density at radius 1 is 0.724 bits per heavy atom. The molecule has 29 heavy (non-hydrogen) atoms. The first kappa shape index (κ1) is 23.4. The van der Waals surface area contributed by atoms with E-state index in [1.54, 1.807) is 0 Å². The monoisotopic (exact) mass is 397 g/mol. The van der Waals surface area contributed by atoms with Gasteiger partial charge in [0.1, 0.15) is 5.75 Å². The average Bonchev–Trinajstić information content (AvgIpc) is 2.76. The highest BCUT2D eigenvalue weighted by Crippen LogP contribution is 2.28. The van der Waals surface area contributed by atoms with Crippen LogP contribution in [0.5, 0.6) is 5.75 Å². The Morgan fingerprint density at radius 2 is 1.45 bits per heavy atom. The summed E-state index contributed by atoms with van der Waals surface area (Å²) in [7, 11) is 0. The number of nitrogens with zero attached hydrogens (tertiary/aromatic N) is 1. The highest BCUT2D eigenvalue weighted by atomic mass is 16.5. The minimum Gasteiger partial charge on any atom is -0.493 e. The van der Waals surface area contributed by atoms with Gasteiger partial charge in [-0.2, -0.15) is 0 Å². The second-order valence-corrected chi connectivity index (χ2v) is 7.73. The van der Waals surface area contributed by atoms with Gasteiger partial charge in [0.15, 0.2) is 0 Å². The van der Waals surface area contributed by atoms with Gasteiger partial charge in [0, 0.05) is 25.0 Å². The number of hydrogen-bond donors (Lipinski definition) is 0. The normalized spacial score (nSPS) is 11.0. The van der Waals surface area contributed by atoms with Gasteiger partial charge in [-0.05, 0) is 49.4 Å². The maximum Gasteiger partial charge on any atom is 0.128 e. The summed E-state index contributed by atoms with van der Waals surface area (Å²) in [6.45, 7) is 6.97. The third-order valence-electron chi connectivity index (χ3n) is 5.14. The summed E-state index contributed by atoms with van der Waals surface area (Å²) in [6, 6.07) is 12.5. The Labute approximate surface area is 177 Å². The largest absolute Gasteiger partial charge is 0.493 e. The zero-order valence-corrected chi connectivity index (χ0v) is 18.5. The number of pyridine rings is 1. The molecule has 1 heterocycles. The summed E-state index contributed by atoms with van der Waals surface area (Å²) in [5.41, 5.74) is 3.32. The van der Waals surface area contributed by atoms with Gasteiger partial charge in [-0.15, -0.1) is 0 Å². The Morgan fingerprint density at radius 3 is 2.17 bits per heavy atom. The van der Waals surface area contributed by atoms with Gasteiger partial charge in [-0.3, -0.25) is 4.98 Å². The van der Waals surface area contributed by atoms with E-state index in [0.29, 0.717) is 0 Å². The van der Waals surface area contributed by atoms with E-state index in [0.717, 1.165) is 56.1 Å². The second-order valence-electron chi connectivity index (χ2n) is 7.73. The van der Waals surface area contributed by atoms with Gasteiger partial charge in [0.25, 0.3) is 0 Å². The fraction of sp³-hybridized carbons (Fsp3) is 0.577. The third kappa shape index (κ3) is 9.45. The molecule has 0 N–H and O–H groups in total. The average molecular weight is 398 g/mol. The van der Waals surface area contributed by atoms with Crippen molar-refractivity contribution in [2.75, 3.05) is 19.8 Å². The van der Waals surface area contributed by atoms with Crippen LogP contribution in [-0.4, -0.2) is 24.8 Å². The Hall–Kier alpha value is -1.87. The number of rotatable bonds is 16. The number of unbranched alkanes of at least 4 members (excludes halogenated alkanes) is 6. The predicted octanol–water partition coefficient (Wildman–Crippen LogP) is 7.24. The lowest BCUT2D eigenvalue weighted by molar-refractivity contribution is 0.128.